The highest BCUT2D eigenvalue weighted by Crippen LogP contribution is 2.24. The van der Waals surface area contributed by atoms with Crippen molar-refractivity contribution in [3.05, 3.63) is 18.2 Å². The van der Waals surface area contributed by atoms with Crippen molar-refractivity contribution in [1.82, 2.24) is 4.90 Å². The average Bonchev–Trinajstić information content (AvgIpc) is 2.20. The van der Waals surface area contributed by atoms with Crippen molar-refractivity contribution < 1.29 is 9.59 Å². The minimum atomic E-state index is -0.219. The molecule has 0 saturated heterocycles. The maximum Gasteiger partial charge on any atom is 0.238 e. The van der Waals surface area contributed by atoms with Crippen molar-refractivity contribution in [2.24, 2.45) is 0 Å². The number of nitrogens with one attached hydrogen (secondary N) is 2. The molecule has 0 aliphatic rings. The molecule has 0 atom stereocenters. The Kier molecular flexibility index (Phi) is 4.67. The normalized spacial score (nSPS) is 10.2. The van der Waals surface area contributed by atoms with E-state index in [4.69, 9.17) is 5.73 Å². The molecule has 0 radical (unpaired) electrons. The second kappa shape index (κ2) is 6.02. The van der Waals surface area contributed by atoms with Crippen LogP contribution in [0.15, 0.2) is 18.2 Å². The molecule has 0 spiro atoms. The smallest absolute Gasteiger partial charge is 0.238 e. The maximum atomic E-state index is 11.6. The summed E-state index contributed by atoms with van der Waals surface area (Å²) in [5, 5.41) is 5.35. The summed E-state index contributed by atoms with van der Waals surface area (Å²) in [4.78, 5) is 24.5. The van der Waals surface area contributed by atoms with Crippen molar-refractivity contribution in [3.63, 3.8) is 0 Å². The van der Waals surface area contributed by atoms with Crippen LogP contribution >= 0.6 is 0 Å². The van der Waals surface area contributed by atoms with E-state index in [1.54, 1.807) is 37.2 Å². The van der Waals surface area contributed by atoms with E-state index in [9.17, 15) is 9.59 Å². The third kappa shape index (κ3) is 4.42. The second-order valence-corrected chi connectivity index (χ2v) is 4.27. The molecule has 2 amide bonds. The molecule has 1 aromatic carbocycles. The molecule has 0 aliphatic heterocycles. The molecule has 4 N–H and O–H groups in total. The lowest BCUT2D eigenvalue weighted by Crippen LogP contribution is -2.27. The van der Waals surface area contributed by atoms with Gasteiger partial charge in [-0.05, 0) is 32.3 Å². The summed E-state index contributed by atoms with van der Waals surface area (Å²) in [6.45, 7) is 1.67. The molecular weight excluding hydrogens is 232 g/mol. The van der Waals surface area contributed by atoms with Gasteiger partial charge in [-0.15, -0.1) is 0 Å². The Hall–Kier alpha value is -2.08. The van der Waals surface area contributed by atoms with Crippen molar-refractivity contribution in [1.29, 1.82) is 0 Å². The standard InChI is InChI=1S/C12H18N4O2/c1-8(17)14-11-6-9(13)4-5-10(11)15-12(18)7-16(2)3/h4-6H,7,13H2,1-3H3,(H,14,17)(H,15,18). The largest absolute Gasteiger partial charge is 0.399 e. The van der Waals surface area contributed by atoms with Crippen LogP contribution in [0.3, 0.4) is 0 Å². The number of amides is 2. The summed E-state index contributed by atoms with van der Waals surface area (Å²) >= 11 is 0. The van der Waals surface area contributed by atoms with E-state index in [0.29, 0.717) is 17.1 Å². The van der Waals surface area contributed by atoms with Gasteiger partial charge in [-0.1, -0.05) is 0 Å². The highest BCUT2D eigenvalue weighted by Gasteiger charge is 2.09. The topological polar surface area (TPSA) is 87.5 Å². The first-order chi connectivity index (χ1) is 8.38. The third-order valence-corrected chi connectivity index (χ3v) is 2.09. The molecule has 0 aromatic heterocycles. The molecule has 0 aliphatic carbocycles. The Morgan fingerprint density at radius 2 is 1.89 bits per heavy atom. The van der Waals surface area contributed by atoms with Gasteiger partial charge in [-0.2, -0.15) is 0 Å². The van der Waals surface area contributed by atoms with Gasteiger partial charge in [0.05, 0.1) is 17.9 Å². The predicted octanol–water partition coefficient (Wildman–Crippen LogP) is 0.727. The molecule has 6 nitrogen and oxygen atoms in total. The number of nitrogens with zero attached hydrogens (tertiary/aromatic N) is 1. The number of nitrogens with two attached hydrogens (primary N) is 1. The van der Waals surface area contributed by atoms with Crippen molar-refractivity contribution in [2.45, 2.75) is 6.92 Å². The van der Waals surface area contributed by atoms with Crippen molar-refractivity contribution in [2.75, 3.05) is 37.0 Å². The minimum Gasteiger partial charge on any atom is -0.399 e. The number of rotatable bonds is 4. The summed E-state index contributed by atoms with van der Waals surface area (Å²) in [6.07, 6.45) is 0. The summed E-state index contributed by atoms with van der Waals surface area (Å²) in [5.74, 6) is -0.375. The van der Waals surface area contributed by atoms with Gasteiger partial charge in [-0.3, -0.25) is 9.59 Å². The Morgan fingerprint density at radius 3 is 2.44 bits per heavy atom. The zero-order valence-corrected chi connectivity index (χ0v) is 10.8. The van der Waals surface area contributed by atoms with Gasteiger partial charge >= 0.3 is 0 Å². The molecule has 0 bridgehead atoms. The molecule has 1 rings (SSSR count). The van der Waals surface area contributed by atoms with Gasteiger partial charge in [0.1, 0.15) is 0 Å². The quantitative estimate of drug-likeness (QED) is 0.687. The highest BCUT2D eigenvalue weighted by atomic mass is 16.2. The first-order valence-corrected chi connectivity index (χ1v) is 5.50. The molecule has 0 unspecified atom stereocenters. The Morgan fingerprint density at radius 1 is 1.22 bits per heavy atom. The summed E-state index contributed by atoms with van der Waals surface area (Å²) < 4.78 is 0. The Bertz CT molecular complexity index is 457. The van der Waals surface area contributed by atoms with E-state index >= 15 is 0 Å². The Balaban J connectivity index is 2.87. The zero-order valence-electron chi connectivity index (χ0n) is 10.8. The summed E-state index contributed by atoms with van der Waals surface area (Å²) in [5.41, 5.74) is 7.19. The summed E-state index contributed by atoms with van der Waals surface area (Å²) in [7, 11) is 3.61. The van der Waals surface area contributed by atoms with Gasteiger partial charge in [0.2, 0.25) is 11.8 Å². The maximum absolute atomic E-state index is 11.6. The molecule has 6 heteroatoms. The number of carbonyl (C=O) groups is 2. The number of anilines is 3. The van der Waals surface area contributed by atoms with Crippen LogP contribution < -0.4 is 16.4 Å². The average molecular weight is 250 g/mol. The number of likely N-dealkylation sites (N-methyl/N-ethyl adjacent to an activating group) is 1. The van der Waals surface area contributed by atoms with Crippen LogP contribution in [-0.2, 0) is 9.59 Å². The highest BCUT2D eigenvalue weighted by molar-refractivity contribution is 6.00. The monoisotopic (exact) mass is 250 g/mol. The van der Waals surface area contributed by atoms with E-state index in [1.165, 1.54) is 6.92 Å². The van der Waals surface area contributed by atoms with E-state index in [1.807, 2.05) is 0 Å². The van der Waals surface area contributed by atoms with Crippen LogP contribution in [-0.4, -0.2) is 37.4 Å². The van der Waals surface area contributed by atoms with E-state index in [-0.39, 0.29) is 18.4 Å². The first-order valence-electron chi connectivity index (χ1n) is 5.50. The van der Waals surface area contributed by atoms with Crippen LogP contribution in [0, 0.1) is 0 Å². The van der Waals surface area contributed by atoms with Crippen LogP contribution in [0.5, 0.6) is 0 Å². The number of benzene rings is 1. The number of carbonyl (C=O) groups excluding carboxylic acids is 2. The lowest BCUT2D eigenvalue weighted by atomic mass is 10.2. The summed E-state index contributed by atoms with van der Waals surface area (Å²) in [6, 6.07) is 4.93. The van der Waals surface area contributed by atoms with Gasteiger partial charge in [-0.25, -0.2) is 0 Å². The Labute approximate surface area is 106 Å². The fraction of sp³-hybridized carbons (Fsp3) is 0.333. The molecule has 1 aromatic rings. The first kappa shape index (κ1) is 14.0. The van der Waals surface area contributed by atoms with Gasteiger partial charge in [0.25, 0.3) is 0 Å². The number of hydrogen-bond acceptors (Lipinski definition) is 4. The second-order valence-electron chi connectivity index (χ2n) is 4.27. The molecule has 18 heavy (non-hydrogen) atoms. The van der Waals surface area contributed by atoms with Crippen LogP contribution in [0.1, 0.15) is 6.92 Å². The SMILES string of the molecule is CC(=O)Nc1cc(N)ccc1NC(=O)CN(C)C. The third-order valence-electron chi connectivity index (χ3n) is 2.09. The molecular formula is C12H18N4O2. The van der Waals surface area contributed by atoms with Crippen molar-refractivity contribution in [3.8, 4) is 0 Å². The lowest BCUT2D eigenvalue weighted by molar-refractivity contribution is -0.117. The molecule has 0 saturated carbocycles. The van der Waals surface area contributed by atoms with E-state index in [0.717, 1.165) is 0 Å². The predicted molar refractivity (Wildman–Crippen MR) is 72.3 cm³/mol. The van der Waals surface area contributed by atoms with Gasteiger partial charge < -0.3 is 21.3 Å². The lowest BCUT2D eigenvalue weighted by Gasteiger charge is -2.14. The van der Waals surface area contributed by atoms with E-state index < -0.39 is 0 Å². The number of hydrogen-bond donors (Lipinski definition) is 3. The van der Waals surface area contributed by atoms with Gasteiger partial charge in [0, 0.05) is 12.6 Å². The van der Waals surface area contributed by atoms with Crippen LogP contribution in [0.2, 0.25) is 0 Å². The molecule has 98 valence electrons. The fourth-order valence-electron chi connectivity index (χ4n) is 1.44. The minimum absolute atomic E-state index is 0.156. The molecule has 0 fully saturated rings. The van der Waals surface area contributed by atoms with Crippen molar-refractivity contribution >= 4 is 28.9 Å². The zero-order chi connectivity index (χ0) is 13.7. The van der Waals surface area contributed by atoms with E-state index in [2.05, 4.69) is 10.6 Å². The van der Waals surface area contributed by atoms with Crippen LogP contribution in [0.25, 0.3) is 0 Å². The molecule has 0 heterocycles. The van der Waals surface area contributed by atoms with Crippen LogP contribution in [0.4, 0.5) is 17.1 Å². The van der Waals surface area contributed by atoms with Gasteiger partial charge in [0.15, 0.2) is 0 Å². The fourth-order valence-corrected chi connectivity index (χ4v) is 1.44. The number of nitrogen functional groups attached to an aromatic ring is 1.